The van der Waals surface area contributed by atoms with Crippen LogP contribution >= 0.6 is 0 Å². The summed E-state index contributed by atoms with van der Waals surface area (Å²) in [5.41, 5.74) is 1.08. The number of aliphatic imine (C=N–C) groups is 1. The van der Waals surface area contributed by atoms with Gasteiger partial charge in [0.25, 0.3) is 0 Å². The van der Waals surface area contributed by atoms with Crippen molar-refractivity contribution in [3.05, 3.63) is 42.5 Å². The number of rotatable bonds is 1. The summed E-state index contributed by atoms with van der Waals surface area (Å²) in [6.07, 6.45) is 0. The molecule has 0 saturated carbocycles. The van der Waals surface area contributed by atoms with Gasteiger partial charge in [0.1, 0.15) is 0 Å². The van der Waals surface area contributed by atoms with E-state index in [0.29, 0.717) is 0 Å². The Kier molecular flexibility index (Phi) is 2.22. The fourth-order valence-corrected chi connectivity index (χ4v) is 1.89. The van der Waals surface area contributed by atoms with E-state index in [2.05, 4.69) is 58.1 Å². The van der Waals surface area contributed by atoms with E-state index in [1.165, 1.54) is 10.8 Å². The first-order valence-corrected chi connectivity index (χ1v) is 5.46. The molecule has 3 heteroatoms. The van der Waals surface area contributed by atoms with E-state index in [1.807, 2.05) is 0 Å². The van der Waals surface area contributed by atoms with Gasteiger partial charge in [0.15, 0.2) is 5.96 Å². The van der Waals surface area contributed by atoms with E-state index in [4.69, 9.17) is 0 Å². The van der Waals surface area contributed by atoms with Crippen molar-refractivity contribution in [2.24, 2.45) is 4.99 Å². The Labute approximate surface area is 94.2 Å². The maximum absolute atomic E-state index is 4.31. The topological polar surface area (TPSA) is 36.4 Å². The highest BCUT2D eigenvalue weighted by Crippen LogP contribution is 2.18. The molecule has 0 bridgehead atoms. The first-order chi connectivity index (χ1) is 7.92. The number of anilines is 1. The predicted molar refractivity (Wildman–Crippen MR) is 67.9 cm³/mol. The maximum Gasteiger partial charge on any atom is 0.195 e. The number of nitrogens with one attached hydrogen (secondary N) is 2. The van der Waals surface area contributed by atoms with Crippen molar-refractivity contribution >= 4 is 22.4 Å². The van der Waals surface area contributed by atoms with Crippen LogP contribution in [0.1, 0.15) is 0 Å². The fourth-order valence-electron chi connectivity index (χ4n) is 1.89. The van der Waals surface area contributed by atoms with Crippen LogP contribution in [-0.2, 0) is 0 Å². The molecule has 2 N–H and O–H groups in total. The van der Waals surface area contributed by atoms with Crippen molar-refractivity contribution < 1.29 is 0 Å². The molecule has 0 amide bonds. The second-order valence-electron chi connectivity index (χ2n) is 3.84. The summed E-state index contributed by atoms with van der Waals surface area (Å²) in [7, 11) is 0. The molecule has 1 heterocycles. The minimum absolute atomic E-state index is 0.857. The van der Waals surface area contributed by atoms with Crippen LogP contribution in [0.15, 0.2) is 47.5 Å². The first kappa shape index (κ1) is 9.21. The zero-order valence-electron chi connectivity index (χ0n) is 8.90. The van der Waals surface area contributed by atoms with Gasteiger partial charge in [0.05, 0.1) is 6.54 Å². The van der Waals surface area contributed by atoms with Gasteiger partial charge in [-0.2, -0.15) is 0 Å². The highest BCUT2D eigenvalue weighted by atomic mass is 15.2. The SMILES string of the molecule is c1ccc2cc(NC3=NCCN3)ccc2c1. The molecule has 0 unspecified atom stereocenters. The van der Waals surface area contributed by atoms with Crippen molar-refractivity contribution in [1.82, 2.24) is 5.32 Å². The third-order valence-electron chi connectivity index (χ3n) is 2.69. The minimum atomic E-state index is 0.857. The monoisotopic (exact) mass is 211 g/mol. The van der Waals surface area contributed by atoms with Crippen molar-refractivity contribution in [3.8, 4) is 0 Å². The Hall–Kier alpha value is -2.03. The van der Waals surface area contributed by atoms with Crippen LogP contribution in [0, 0.1) is 0 Å². The Bertz CT molecular complexity index is 546. The van der Waals surface area contributed by atoms with Crippen LogP contribution in [0.5, 0.6) is 0 Å². The fraction of sp³-hybridized carbons (Fsp3) is 0.154. The van der Waals surface area contributed by atoms with Gasteiger partial charge in [0, 0.05) is 12.2 Å². The van der Waals surface area contributed by atoms with Crippen LogP contribution in [0.2, 0.25) is 0 Å². The highest BCUT2D eigenvalue weighted by molar-refractivity contribution is 5.97. The lowest BCUT2D eigenvalue weighted by Crippen LogP contribution is -2.26. The molecule has 1 aliphatic rings. The number of guanidine groups is 1. The van der Waals surface area contributed by atoms with Crippen molar-refractivity contribution in [2.75, 3.05) is 18.4 Å². The summed E-state index contributed by atoms with van der Waals surface area (Å²) in [5.74, 6) is 0.871. The van der Waals surface area contributed by atoms with E-state index in [9.17, 15) is 0 Å². The first-order valence-electron chi connectivity index (χ1n) is 5.46. The third-order valence-corrected chi connectivity index (χ3v) is 2.69. The molecule has 3 rings (SSSR count). The van der Waals surface area contributed by atoms with Crippen LogP contribution in [0.3, 0.4) is 0 Å². The molecule has 0 aliphatic carbocycles. The molecule has 2 aromatic carbocycles. The van der Waals surface area contributed by atoms with E-state index >= 15 is 0 Å². The van der Waals surface area contributed by atoms with E-state index in [0.717, 1.165) is 24.7 Å². The second kappa shape index (κ2) is 3.85. The zero-order valence-corrected chi connectivity index (χ0v) is 8.90. The molecule has 16 heavy (non-hydrogen) atoms. The summed E-state index contributed by atoms with van der Waals surface area (Å²) in [6, 6.07) is 14.7. The van der Waals surface area contributed by atoms with Crippen molar-refractivity contribution in [2.45, 2.75) is 0 Å². The normalized spacial score (nSPS) is 14.6. The summed E-state index contributed by atoms with van der Waals surface area (Å²) in [4.78, 5) is 4.31. The van der Waals surface area contributed by atoms with Crippen LogP contribution in [0.25, 0.3) is 10.8 Å². The van der Waals surface area contributed by atoms with Gasteiger partial charge in [0.2, 0.25) is 0 Å². The molecule has 1 aliphatic heterocycles. The molecular weight excluding hydrogens is 198 g/mol. The molecule has 0 spiro atoms. The molecule has 0 aromatic heterocycles. The van der Waals surface area contributed by atoms with Crippen LogP contribution in [-0.4, -0.2) is 19.0 Å². The molecular formula is C13H13N3. The molecule has 80 valence electrons. The number of nitrogens with zero attached hydrogens (tertiary/aromatic N) is 1. The summed E-state index contributed by atoms with van der Waals surface area (Å²) >= 11 is 0. The zero-order chi connectivity index (χ0) is 10.8. The van der Waals surface area contributed by atoms with E-state index in [1.54, 1.807) is 0 Å². The highest BCUT2D eigenvalue weighted by Gasteiger charge is 2.04. The molecule has 0 radical (unpaired) electrons. The van der Waals surface area contributed by atoms with Gasteiger partial charge in [-0.3, -0.25) is 4.99 Å². The number of benzene rings is 2. The van der Waals surface area contributed by atoms with Crippen molar-refractivity contribution in [1.29, 1.82) is 0 Å². The quantitative estimate of drug-likeness (QED) is 0.758. The number of hydrogen-bond donors (Lipinski definition) is 2. The van der Waals surface area contributed by atoms with E-state index < -0.39 is 0 Å². The lowest BCUT2D eigenvalue weighted by molar-refractivity contribution is 0.959. The van der Waals surface area contributed by atoms with Gasteiger partial charge in [-0.05, 0) is 22.9 Å². The number of fused-ring (bicyclic) bond motifs is 1. The third kappa shape index (κ3) is 1.72. The molecule has 0 fully saturated rings. The van der Waals surface area contributed by atoms with Gasteiger partial charge >= 0.3 is 0 Å². The Morgan fingerprint density at radius 1 is 1.06 bits per heavy atom. The molecule has 0 atom stereocenters. The van der Waals surface area contributed by atoms with Crippen LogP contribution < -0.4 is 10.6 Å². The second-order valence-corrected chi connectivity index (χ2v) is 3.84. The van der Waals surface area contributed by atoms with Gasteiger partial charge < -0.3 is 10.6 Å². The van der Waals surface area contributed by atoms with Crippen LogP contribution in [0.4, 0.5) is 5.69 Å². The average molecular weight is 211 g/mol. The van der Waals surface area contributed by atoms with Gasteiger partial charge in [-0.1, -0.05) is 30.3 Å². The summed E-state index contributed by atoms with van der Waals surface area (Å²) < 4.78 is 0. The summed E-state index contributed by atoms with van der Waals surface area (Å²) in [5, 5.41) is 8.96. The maximum atomic E-state index is 4.31. The summed E-state index contributed by atoms with van der Waals surface area (Å²) in [6.45, 7) is 1.78. The standard InChI is InChI=1S/C13H13N3/c1-2-4-11-9-12(6-5-10(11)3-1)16-13-14-7-8-15-13/h1-6,9H,7-8H2,(H2,14,15,16). The number of hydrogen-bond acceptors (Lipinski definition) is 3. The lowest BCUT2D eigenvalue weighted by atomic mass is 10.1. The Morgan fingerprint density at radius 2 is 1.94 bits per heavy atom. The predicted octanol–water partition coefficient (Wildman–Crippen LogP) is 2.21. The van der Waals surface area contributed by atoms with E-state index in [-0.39, 0.29) is 0 Å². The van der Waals surface area contributed by atoms with Gasteiger partial charge in [-0.15, -0.1) is 0 Å². The average Bonchev–Trinajstić information content (AvgIpc) is 2.82. The Balaban J connectivity index is 1.92. The van der Waals surface area contributed by atoms with Crippen molar-refractivity contribution in [3.63, 3.8) is 0 Å². The molecule has 3 nitrogen and oxygen atoms in total. The molecule has 0 saturated heterocycles. The smallest absolute Gasteiger partial charge is 0.195 e. The Morgan fingerprint density at radius 3 is 2.75 bits per heavy atom. The molecule has 2 aromatic rings. The minimum Gasteiger partial charge on any atom is -0.354 e. The van der Waals surface area contributed by atoms with Gasteiger partial charge in [-0.25, -0.2) is 0 Å². The largest absolute Gasteiger partial charge is 0.354 e. The lowest BCUT2D eigenvalue weighted by Gasteiger charge is -2.07.